The molecule has 1 aromatic rings. The molecule has 1 heterocycles. The standard InChI is InChI=1S/C11H17N3O2/c1-8-6-12-5-4-9(8)13-10(16)14-11(2,3)7-15/h4-6,15H,7H2,1-3H3,(H2,12,13,14,16). The maximum absolute atomic E-state index is 11.6. The predicted octanol–water partition coefficient (Wildman–Crippen LogP) is 1.28. The molecule has 0 aliphatic carbocycles. The zero-order valence-corrected chi connectivity index (χ0v) is 9.74. The number of urea groups is 1. The third-order valence-electron chi connectivity index (χ3n) is 2.12. The third-order valence-corrected chi connectivity index (χ3v) is 2.12. The minimum Gasteiger partial charge on any atom is -0.394 e. The lowest BCUT2D eigenvalue weighted by atomic mass is 10.1. The maximum Gasteiger partial charge on any atom is 0.319 e. The molecule has 88 valence electrons. The van der Waals surface area contributed by atoms with Gasteiger partial charge >= 0.3 is 6.03 Å². The molecule has 0 radical (unpaired) electrons. The van der Waals surface area contributed by atoms with Crippen molar-refractivity contribution in [1.82, 2.24) is 10.3 Å². The summed E-state index contributed by atoms with van der Waals surface area (Å²) < 4.78 is 0. The highest BCUT2D eigenvalue weighted by molar-refractivity contribution is 5.90. The number of anilines is 1. The van der Waals surface area contributed by atoms with E-state index < -0.39 is 5.54 Å². The van der Waals surface area contributed by atoms with Crippen LogP contribution in [0.15, 0.2) is 18.5 Å². The molecule has 0 spiro atoms. The summed E-state index contributed by atoms with van der Waals surface area (Å²) in [5.74, 6) is 0. The van der Waals surface area contributed by atoms with Crippen molar-refractivity contribution in [2.45, 2.75) is 26.3 Å². The number of aliphatic hydroxyl groups excluding tert-OH is 1. The van der Waals surface area contributed by atoms with Crippen molar-refractivity contribution in [3.63, 3.8) is 0 Å². The number of aliphatic hydroxyl groups is 1. The molecule has 0 saturated heterocycles. The van der Waals surface area contributed by atoms with Gasteiger partial charge in [-0.3, -0.25) is 4.98 Å². The number of aryl methyl sites for hydroxylation is 1. The van der Waals surface area contributed by atoms with E-state index >= 15 is 0 Å². The molecule has 1 rings (SSSR count). The molecule has 3 N–H and O–H groups in total. The predicted molar refractivity (Wildman–Crippen MR) is 62.3 cm³/mol. The monoisotopic (exact) mass is 223 g/mol. The van der Waals surface area contributed by atoms with Crippen LogP contribution in [0.25, 0.3) is 0 Å². The average molecular weight is 223 g/mol. The van der Waals surface area contributed by atoms with Crippen LogP contribution in [0.4, 0.5) is 10.5 Å². The first-order valence-corrected chi connectivity index (χ1v) is 5.05. The highest BCUT2D eigenvalue weighted by atomic mass is 16.3. The smallest absolute Gasteiger partial charge is 0.319 e. The SMILES string of the molecule is Cc1cnccc1NC(=O)NC(C)(C)CO. The van der Waals surface area contributed by atoms with Crippen molar-refractivity contribution >= 4 is 11.7 Å². The Balaban J connectivity index is 2.62. The number of aromatic nitrogens is 1. The quantitative estimate of drug-likeness (QED) is 0.722. The van der Waals surface area contributed by atoms with Crippen LogP contribution in [0.5, 0.6) is 0 Å². The van der Waals surface area contributed by atoms with Crippen LogP contribution < -0.4 is 10.6 Å². The van der Waals surface area contributed by atoms with E-state index in [0.717, 1.165) is 5.56 Å². The van der Waals surface area contributed by atoms with Gasteiger partial charge in [0.15, 0.2) is 0 Å². The Morgan fingerprint density at radius 1 is 1.56 bits per heavy atom. The molecule has 0 bridgehead atoms. The Morgan fingerprint density at radius 2 is 2.25 bits per heavy atom. The summed E-state index contributed by atoms with van der Waals surface area (Å²) in [6.45, 7) is 5.23. The molecule has 0 unspecified atom stereocenters. The molecule has 0 aromatic carbocycles. The first-order valence-electron chi connectivity index (χ1n) is 5.05. The largest absolute Gasteiger partial charge is 0.394 e. The molecule has 16 heavy (non-hydrogen) atoms. The second kappa shape index (κ2) is 4.94. The summed E-state index contributed by atoms with van der Waals surface area (Å²) in [4.78, 5) is 15.5. The summed E-state index contributed by atoms with van der Waals surface area (Å²) in [6, 6.07) is 1.38. The summed E-state index contributed by atoms with van der Waals surface area (Å²) in [5.41, 5.74) is 0.964. The number of carbonyl (C=O) groups excluding carboxylic acids is 1. The topological polar surface area (TPSA) is 74.2 Å². The van der Waals surface area contributed by atoms with Gasteiger partial charge in [0.2, 0.25) is 0 Å². The van der Waals surface area contributed by atoms with Crippen molar-refractivity contribution in [2.75, 3.05) is 11.9 Å². The Hall–Kier alpha value is -1.62. The molecule has 0 fully saturated rings. The van der Waals surface area contributed by atoms with Gasteiger partial charge in [-0.2, -0.15) is 0 Å². The molecule has 0 saturated carbocycles. The highest BCUT2D eigenvalue weighted by Crippen LogP contribution is 2.11. The Kier molecular flexibility index (Phi) is 3.84. The van der Waals surface area contributed by atoms with Crippen molar-refractivity contribution in [1.29, 1.82) is 0 Å². The lowest BCUT2D eigenvalue weighted by Gasteiger charge is -2.23. The van der Waals surface area contributed by atoms with Crippen LogP contribution >= 0.6 is 0 Å². The molecule has 0 aliphatic rings. The van der Waals surface area contributed by atoms with Crippen LogP contribution in [0.1, 0.15) is 19.4 Å². The van der Waals surface area contributed by atoms with E-state index in [1.165, 1.54) is 0 Å². The van der Waals surface area contributed by atoms with Gasteiger partial charge in [0.25, 0.3) is 0 Å². The minimum atomic E-state index is -0.634. The minimum absolute atomic E-state index is 0.115. The fourth-order valence-corrected chi connectivity index (χ4v) is 1.11. The summed E-state index contributed by atoms with van der Waals surface area (Å²) in [5, 5.41) is 14.4. The number of amides is 2. The van der Waals surface area contributed by atoms with E-state index in [1.807, 2.05) is 6.92 Å². The van der Waals surface area contributed by atoms with Crippen LogP contribution in [0.2, 0.25) is 0 Å². The van der Waals surface area contributed by atoms with Crippen LogP contribution in [0, 0.1) is 6.92 Å². The van der Waals surface area contributed by atoms with Gasteiger partial charge in [0, 0.05) is 18.1 Å². The maximum atomic E-state index is 11.6. The van der Waals surface area contributed by atoms with Gasteiger partial charge in [-0.25, -0.2) is 4.79 Å². The van der Waals surface area contributed by atoms with Gasteiger partial charge in [0.1, 0.15) is 0 Å². The van der Waals surface area contributed by atoms with Crippen LogP contribution in [-0.4, -0.2) is 28.3 Å². The third kappa shape index (κ3) is 3.51. The number of hydrogen-bond acceptors (Lipinski definition) is 3. The Morgan fingerprint density at radius 3 is 2.81 bits per heavy atom. The second-order valence-corrected chi connectivity index (χ2v) is 4.31. The molecular weight excluding hydrogens is 206 g/mol. The van der Waals surface area contributed by atoms with Crippen molar-refractivity contribution < 1.29 is 9.90 Å². The molecule has 2 amide bonds. The van der Waals surface area contributed by atoms with E-state index in [2.05, 4.69) is 15.6 Å². The second-order valence-electron chi connectivity index (χ2n) is 4.31. The van der Waals surface area contributed by atoms with Gasteiger partial charge in [-0.15, -0.1) is 0 Å². The Labute approximate surface area is 94.9 Å². The van der Waals surface area contributed by atoms with Crippen LogP contribution in [-0.2, 0) is 0 Å². The Bertz CT molecular complexity index is 377. The van der Waals surface area contributed by atoms with Crippen molar-refractivity contribution in [2.24, 2.45) is 0 Å². The molecule has 0 atom stereocenters. The molecule has 0 aliphatic heterocycles. The zero-order chi connectivity index (χ0) is 12.2. The van der Waals surface area contributed by atoms with Crippen LogP contribution in [0.3, 0.4) is 0 Å². The fourth-order valence-electron chi connectivity index (χ4n) is 1.11. The number of hydrogen-bond donors (Lipinski definition) is 3. The van der Waals surface area contributed by atoms with E-state index in [4.69, 9.17) is 5.11 Å². The van der Waals surface area contributed by atoms with Crippen molar-refractivity contribution in [3.8, 4) is 0 Å². The lowest BCUT2D eigenvalue weighted by Crippen LogP contribution is -2.48. The van der Waals surface area contributed by atoms with Gasteiger partial charge in [-0.1, -0.05) is 0 Å². The first kappa shape index (κ1) is 12.4. The van der Waals surface area contributed by atoms with Crippen molar-refractivity contribution in [3.05, 3.63) is 24.0 Å². The molecular formula is C11H17N3O2. The number of rotatable bonds is 3. The number of pyridine rings is 1. The molecule has 1 aromatic heterocycles. The highest BCUT2D eigenvalue weighted by Gasteiger charge is 2.19. The first-order chi connectivity index (χ1) is 7.44. The van der Waals surface area contributed by atoms with Gasteiger partial charge in [0.05, 0.1) is 12.1 Å². The number of carbonyl (C=O) groups is 1. The average Bonchev–Trinajstić information content (AvgIpc) is 2.21. The zero-order valence-electron chi connectivity index (χ0n) is 9.74. The number of nitrogens with one attached hydrogen (secondary N) is 2. The van der Waals surface area contributed by atoms with E-state index in [1.54, 1.807) is 32.3 Å². The lowest BCUT2D eigenvalue weighted by molar-refractivity contribution is 0.187. The summed E-state index contributed by atoms with van der Waals surface area (Å²) in [7, 11) is 0. The number of nitrogens with zero attached hydrogens (tertiary/aromatic N) is 1. The normalized spacial score (nSPS) is 11.0. The molecule has 5 heteroatoms. The van der Waals surface area contributed by atoms with Gasteiger partial charge in [-0.05, 0) is 32.4 Å². The van der Waals surface area contributed by atoms with E-state index in [0.29, 0.717) is 5.69 Å². The van der Waals surface area contributed by atoms with Gasteiger partial charge < -0.3 is 15.7 Å². The fraction of sp³-hybridized carbons (Fsp3) is 0.455. The molecule has 5 nitrogen and oxygen atoms in total. The van der Waals surface area contributed by atoms with E-state index in [-0.39, 0.29) is 12.6 Å². The summed E-state index contributed by atoms with van der Waals surface area (Å²) >= 11 is 0. The summed E-state index contributed by atoms with van der Waals surface area (Å²) in [6.07, 6.45) is 3.28. The van der Waals surface area contributed by atoms with E-state index in [9.17, 15) is 4.79 Å².